The summed E-state index contributed by atoms with van der Waals surface area (Å²) in [6.07, 6.45) is 5.61. The van der Waals surface area contributed by atoms with Gasteiger partial charge in [0.15, 0.2) is 0 Å². The molecule has 3 aliphatic rings. The number of hydrogen-bond acceptors (Lipinski definition) is 7. The maximum absolute atomic E-state index is 9.50. The molecule has 3 aromatic rings. The first-order valence-corrected chi connectivity index (χ1v) is 14.2. The zero-order valence-corrected chi connectivity index (χ0v) is 22.4. The van der Waals surface area contributed by atoms with E-state index in [1.165, 1.54) is 18.4 Å². The molecule has 1 N–H and O–H groups in total. The van der Waals surface area contributed by atoms with Gasteiger partial charge in [-0.15, -0.1) is 0 Å². The monoisotopic (exact) mass is 513 g/mol. The van der Waals surface area contributed by atoms with E-state index in [0.29, 0.717) is 17.8 Å². The molecule has 38 heavy (non-hydrogen) atoms. The van der Waals surface area contributed by atoms with Crippen LogP contribution in [0.2, 0.25) is 0 Å². The van der Waals surface area contributed by atoms with Gasteiger partial charge in [-0.2, -0.15) is 10.4 Å². The summed E-state index contributed by atoms with van der Waals surface area (Å²) in [4.78, 5) is 7.88. The molecule has 0 amide bonds. The Kier molecular flexibility index (Phi) is 7.61. The summed E-state index contributed by atoms with van der Waals surface area (Å²) in [5.74, 6) is 0. The first-order chi connectivity index (χ1) is 18.7. The Labute approximate surface area is 225 Å². The van der Waals surface area contributed by atoms with Crippen LogP contribution >= 0.6 is 0 Å². The first kappa shape index (κ1) is 25.3. The van der Waals surface area contributed by atoms with Crippen LogP contribution in [0, 0.1) is 11.3 Å². The zero-order chi connectivity index (χ0) is 25.9. The van der Waals surface area contributed by atoms with E-state index in [0.717, 1.165) is 70.0 Å². The molecule has 2 aromatic heterocycles. The highest BCUT2D eigenvalue weighted by Gasteiger charge is 2.35. The molecule has 6 rings (SSSR count). The third-order valence-corrected chi connectivity index (χ3v) is 8.53. The molecule has 0 radical (unpaired) electrons. The molecule has 200 valence electrons. The summed E-state index contributed by atoms with van der Waals surface area (Å²) in [5, 5.41) is 17.4. The molecular weight excluding hydrogens is 474 g/mol. The van der Waals surface area contributed by atoms with Crippen molar-refractivity contribution in [2.75, 3.05) is 57.3 Å². The lowest BCUT2D eigenvalue weighted by molar-refractivity contribution is -0.0521. The Morgan fingerprint density at radius 2 is 1.87 bits per heavy atom. The van der Waals surface area contributed by atoms with Crippen LogP contribution in [-0.4, -0.2) is 96.1 Å². The summed E-state index contributed by atoms with van der Waals surface area (Å²) in [6, 6.07) is 20.3. The topological polar surface area (TPSA) is 72.1 Å². The maximum Gasteiger partial charge on any atom is 0.142 e. The van der Waals surface area contributed by atoms with Crippen LogP contribution in [0.5, 0.6) is 0 Å². The fourth-order valence-electron chi connectivity index (χ4n) is 6.70. The molecule has 1 aromatic carbocycles. The number of rotatable bonds is 6. The third-order valence-electron chi connectivity index (χ3n) is 8.53. The Bertz CT molecular complexity index is 1250. The molecule has 0 bridgehead atoms. The maximum atomic E-state index is 9.50. The lowest BCUT2D eigenvalue weighted by Gasteiger charge is -2.47. The van der Waals surface area contributed by atoms with Gasteiger partial charge in [-0.05, 0) is 63.0 Å². The molecule has 0 saturated carbocycles. The number of ether oxygens (including phenoxy) is 1. The van der Waals surface area contributed by atoms with Crippen LogP contribution < -0.4 is 10.2 Å². The van der Waals surface area contributed by atoms with Crippen molar-refractivity contribution < 1.29 is 4.74 Å². The van der Waals surface area contributed by atoms with Crippen molar-refractivity contribution in [3.05, 3.63) is 66.0 Å². The van der Waals surface area contributed by atoms with E-state index in [2.05, 4.69) is 74.5 Å². The van der Waals surface area contributed by atoms with Crippen LogP contribution in [-0.2, 0) is 11.2 Å². The van der Waals surface area contributed by atoms with Gasteiger partial charge in [0.05, 0.1) is 29.6 Å². The summed E-state index contributed by atoms with van der Waals surface area (Å²) in [5.41, 5.74) is 4.07. The number of aromatic nitrogens is 2. The molecule has 3 fully saturated rings. The van der Waals surface area contributed by atoms with Crippen molar-refractivity contribution in [2.45, 2.75) is 50.5 Å². The molecule has 0 aliphatic carbocycles. The van der Waals surface area contributed by atoms with Crippen molar-refractivity contribution in [1.82, 2.24) is 24.7 Å². The van der Waals surface area contributed by atoms with Gasteiger partial charge in [-0.1, -0.05) is 30.3 Å². The average molecular weight is 514 g/mol. The number of benzene rings is 1. The standard InChI is InChI=1S/C30H39N7O/c1-23-19-36(29-8-7-26(18-31)37-30(29)11-14-33-37)22-28(38-23)21-35-16-15-34(25-9-12-32-13-10-25)20-27(35)17-24-5-3-2-4-6-24/h2-8,11,14,23,25,27-28,32H,9-10,12-13,15-17,19-22H2,1H3/t23-,27?,28+/m1/s1. The SMILES string of the molecule is C[C@@H]1CN(c2ccc(C#N)n3nccc23)C[C@H](CN2CCN(C3CCNCC3)CC2Cc2ccccc2)O1. The largest absolute Gasteiger partial charge is 0.370 e. The fraction of sp³-hybridized carbons (Fsp3) is 0.533. The summed E-state index contributed by atoms with van der Waals surface area (Å²) >= 11 is 0. The van der Waals surface area contributed by atoms with Gasteiger partial charge < -0.3 is 15.0 Å². The van der Waals surface area contributed by atoms with Crippen LogP contribution in [0.1, 0.15) is 31.0 Å². The molecule has 3 atom stereocenters. The Hall–Kier alpha value is -2.96. The number of morpholine rings is 1. The van der Waals surface area contributed by atoms with Crippen LogP contribution in [0.3, 0.4) is 0 Å². The Balaban J connectivity index is 1.19. The van der Waals surface area contributed by atoms with Gasteiger partial charge in [0.2, 0.25) is 0 Å². The number of anilines is 1. The van der Waals surface area contributed by atoms with E-state index in [1.807, 2.05) is 12.1 Å². The van der Waals surface area contributed by atoms with Gasteiger partial charge in [-0.3, -0.25) is 9.80 Å². The van der Waals surface area contributed by atoms with Crippen molar-refractivity contribution >= 4 is 11.2 Å². The highest BCUT2D eigenvalue weighted by molar-refractivity contribution is 5.74. The molecule has 3 saturated heterocycles. The summed E-state index contributed by atoms with van der Waals surface area (Å²) < 4.78 is 8.29. The van der Waals surface area contributed by atoms with Crippen molar-refractivity contribution in [2.24, 2.45) is 0 Å². The van der Waals surface area contributed by atoms with E-state index >= 15 is 0 Å². The number of pyridine rings is 1. The minimum absolute atomic E-state index is 0.126. The molecule has 8 nitrogen and oxygen atoms in total. The lowest BCUT2D eigenvalue weighted by atomic mass is 9.97. The van der Waals surface area contributed by atoms with Crippen molar-refractivity contribution in [1.29, 1.82) is 5.26 Å². The molecular formula is C30H39N7O. The molecule has 8 heteroatoms. The molecule has 5 heterocycles. The van der Waals surface area contributed by atoms with Crippen molar-refractivity contribution in [3.8, 4) is 6.07 Å². The minimum Gasteiger partial charge on any atom is -0.370 e. The van der Waals surface area contributed by atoms with Crippen LogP contribution in [0.4, 0.5) is 5.69 Å². The van der Waals surface area contributed by atoms with Gasteiger partial charge in [0.1, 0.15) is 11.8 Å². The molecule has 0 spiro atoms. The van der Waals surface area contributed by atoms with E-state index in [4.69, 9.17) is 4.74 Å². The van der Waals surface area contributed by atoms with Gasteiger partial charge in [-0.25, -0.2) is 4.52 Å². The third kappa shape index (κ3) is 5.43. The number of hydrogen-bond donors (Lipinski definition) is 1. The van der Waals surface area contributed by atoms with Gasteiger partial charge in [0, 0.05) is 51.4 Å². The highest BCUT2D eigenvalue weighted by Crippen LogP contribution is 2.28. The van der Waals surface area contributed by atoms with Crippen LogP contribution in [0.15, 0.2) is 54.7 Å². The number of nitriles is 1. The van der Waals surface area contributed by atoms with E-state index < -0.39 is 0 Å². The predicted octanol–water partition coefficient (Wildman–Crippen LogP) is 2.78. The quantitative estimate of drug-likeness (QED) is 0.544. The van der Waals surface area contributed by atoms with Crippen LogP contribution in [0.25, 0.3) is 5.52 Å². The second kappa shape index (κ2) is 11.4. The average Bonchev–Trinajstić information content (AvgIpc) is 3.44. The van der Waals surface area contributed by atoms with E-state index in [1.54, 1.807) is 10.7 Å². The molecule has 1 unspecified atom stereocenters. The van der Waals surface area contributed by atoms with Gasteiger partial charge >= 0.3 is 0 Å². The number of piperidine rings is 1. The number of nitrogens with one attached hydrogen (secondary N) is 1. The van der Waals surface area contributed by atoms with Gasteiger partial charge in [0.25, 0.3) is 0 Å². The number of fused-ring (bicyclic) bond motifs is 1. The lowest BCUT2D eigenvalue weighted by Crippen LogP contribution is -2.60. The first-order valence-electron chi connectivity index (χ1n) is 14.2. The second-order valence-electron chi connectivity index (χ2n) is 11.1. The number of nitrogens with zero attached hydrogens (tertiary/aromatic N) is 6. The highest BCUT2D eigenvalue weighted by atomic mass is 16.5. The molecule has 3 aliphatic heterocycles. The number of piperazine rings is 1. The Morgan fingerprint density at radius 1 is 1.03 bits per heavy atom. The van der Waals surface area contributed by atoms with E-state index in [9.17, 15) is 5.26 Å². The normalized spacial score (nSPS) is 26.0. The minimum atomic E-state index is 0.126. The second-order valence-corrected chi connectivity index (χ2v) is 11.1. The Morgan fingerprint density at radius 3 is 2.68 bits per heavy atom. The zero-order valence-electron chi connectivity index (χ0n) is 22.4. The predicted molar refractivity (Wildman–Crippen MR) is 149 cm³/mol. The van der Waals surface area contributed by atoms with Crippen molar-refractivity contribution in [3.63, 3.8) is 0 Å². The van der Waals surface area contributed by atoms with E-state index in [-0.39, 0.29) is 12.2 Å². The summed E-state index contributed by atoms with van der Waals surface area (Å²) in [7, 11) is 0. The summed E-state index contributed by atoms with van der Waals surface area (Å²) in [6.45, 7) is 10.4. The smallest absolute Gasteiger partial charge is 0.142 e. The fourth-order valence-corrected chi connectivity index (χ4v) is 6.70.